The van der Waals surface area contributed by atoms with Gasteiger partial charge in [0.1, 0.15) is 17.9 Å². The Morgan fingerprint density at radius 1 is 1.47 bits per heavy atom. The average Bonchev–Trinajstić information content (AvgIpc) is 2.82. The van der Waals surface area contributed by atoms with Gasteiger partial charge in [0.05, 0.1) is 13.4 Å². The summed E-state index contributed by atoms with van der Waals surface area (Å²) in [5, 5.41) is 3.26. The SMILES string of the molecule is COc1cc(NC(C)Cc2ccco2)ncn1. The van der Waals surface area contributed by atoms with Gasteiger partial charge in [0.25, 0.3) is 0 Å². The molecule has 2 aromatic rings. The third-order valence-corrected chi connectivity index (χ3v) is 2.33. The van der Waals surface area contributed by atoms with E-state index in [9.17, 15) is 0 Å². The third-order valence-electron chi connectivity index (χ3n) is 2.33. The molecule has 0 radical (unpaired) electrons. The van der Waals surface area contributed by atoms with E-state index in [4.69, 9.17) is 9.15 Å². The number of furan rings is 1. The zero-order valence-electron chi connectivity index (χ0n) is 9.88. The minimum Gasteiger partial charge on any atom is -0.481 e. The fourth-order valence-corrected chi connectivity index (χ4v) is 1.56. The normalized spacial score (nSPS) is 12.1. The van der Waals surface area contributed by atoms with E-state index in [0.717, 1.165) is 18.0 Å². The van der Waals surface area contributed by atoms with Gasteiger partial charge in [-0.2, -0.15) is 0 Å². The second-order valence-corrected chi connectivity index (χ2v) is 3.77. The first-order valence-electron chi connectivity index (χ1n) is 5.43. The first-order chi connectivity index (χ1) is 8.28. The van der Waals surface area contributed by atoms with Gasteiger partial charge in [-0.15, -0.1) is 0 Å². The summed E-state index contributed by atoms with van der Waals surface area (Å²) in [5.41, 5.74) is 0. The molecule has 0 fully saturated rings. The number of hydrogen-bond acceptors (Lipinski definition) is 5. The Morgan fingerprint density at radius 3 is 3.06 bits per heavy atom. The minimum atomic E-state index is 0.223. The van der Waals surface area contributed by atoms with Crippen LogP contribution in [0.4, 0.5) is 5.82 Å². The minimum absolute atomic E-state index is 0.223. The van der Waals surface area contributed by atoms with Gasteiger partial charge >= 0.3 is 0 Å². The maximum absolute atomic E-state index is 5.29. The Bertz CT molecular complexity index is 457. The molecular formula is C12H15N3O2. The Hall–Kier alpha value is -2.04. The van der Waals surface area contributed by atoms with Crippen LogP contribution in [0.15, 0.2) is 35.2 Å². The molecule has 0 saturated heterocycles. The number of ether oxygens (including phenoxy) is 1. The Morgan fingerprint density at radius 2 is 2.35 bits per heavy atom. The summed E-state index contributed by atoms with van der Waals surface area (Å²) in [6.07, 6.45) is 3.95. The molecule has 0 bridgehead atoms. The molecule has 5 nitrogen and oxygen atoms in total. The largest absolute Gasteiger partial charge is 0.481 e. The number of anilines is 1. The second-order valence-electron chi connectivity index (χ2n) is 3.77. The molecule has 90 valence electrons. The van der Waals surface area contributed by atoms with Crippen molar-refractivity contribution in [3.05, 3.63) is 36.5 Å². The van der Waals surface area contributed by atoms with E-state index >= 15 is 0 Å². The summed E-state index contributed by atoms with van der Waals surface area (Å²) in [6.45, 7) is 2.07. The summed E-state index contributed by atoms with van der Waals surface area (Å²) in [7, 11) is 1.58. The number of methoxy groups -OCH3 is 1. The molecule has 2 aromatic heterocycles. The smallest absolute Gasteiger partial charge is 0.218 e. The van der Waals surface area contributed by atoms with E-state index in [2.05, 4.69) is 22.2 Å². The number of rotatable bonds is 5. The van der Waals surface area contributed by atoms with Crippen molar-refractivity contribution in [2.24, 2.45) is 0 Å². The highest BCUT2D eigenvalue weighted by atomic mass is 16.5. The van der Waals surface area contributed by atoms with E-state index in [-0.39, 0.29) is 6.04 Å². The van der Waals surface area contributed by atoms with Gasteiger partial charge in [0, 0.05) is 18.5 Å². The molecule has 17 heavy (non-hydrogen) atoms. The summed E-state index contributed by atoms with van der Waals surface area (Å²) in [6, 6.07) is 5.83. The van der Waals surface area contributed by atoms with Gasteiger partial charge in [-0.25, -0.2) is 9.97 Å². The van der Waals surface area contributed by atoms with Crippen molar-refractivity contribution < 1.29 is 9.15 Å². The van der Waals surface area contributed by atoms with Crippen LogP contribution in [0.1, 0.15) is 12.7 Å². The summed E-state index contributed by atoms with van der Waals surface area (Å²) in [5.74, 6) is 2.25. The van der Waals surface area contributed by atoms with Crippen LogP contribution < -0.4 is 10.1 Å². The van der Waals surface area contributed by atoms with E-state index in [0.29, 0.717) is 5.88 Å². The maximum Gasteiger partial charge on any atom is 0.218 e. The lowest BCUT2D eigenvalue weighted by atomic mass is 10.2. The van der Waals surface area contributed by atoms with E-state index in [1.54, 1.807) is 19.4 Å². The molecule has 0 spiro atoms. The standard InChI is InChI=1S/C12H15N3O2/c1-9(6-10-4-3-5-17-10)15-11-7-12(16-2)14-8-13-11/h3-5,7-9H,6H2,1-2H3,(H,13,14,15). The predicted molar refractivity (Wildman–Crippen MR) is 64.1 cm³/mol. The van der Waals surface area contributed by atoms with E-state index in [1.807, 2.05) is 12.1 Å². The van der Waals surface area contributed by atoms with Crippen molar-refractivity contribution in [1.29, 1.82) is 0 Å². The van der Waals surface area contributed by atoms with Crippen LogP contribution in [-0.2, 0) is 6.42 Å². The predicted octanol–water partition coefficient (Wildman–Crippen LogP) is 2.12. The molecule has 2 rings (SSSR count). The van der Waals surface area contributed by atoms with Gasteiger partial charge in [-0.3, -0.25) is 0 Å². The maximum atomic E-state index is 5.29. The van der Waals surface area contributed by atoms with Gasteiger partial charge in [-0.1, -0.05) is 0 Å². The van der Waals surface area contributed by atoms with Crippen molar-refractivity contribution >= 4 is 5.82 Å². The molecule has 0 aliphatic heterocycles. The summed E-state index contributed by atoms with van der Waals surface area (Å²) >= 11 is 0. The molecule has 0 aromatic carbocycles. The monoisotopic (exact) mass is 233 g/mol. The van der Waals surface area contributed by atoms with Crippen molar-refractivity contribution in [1.82, 2.24) is 9.97 Å². The van der Waals surface area contributed by atoms with Crippen LogP contribution in [0.25, 0.3) is 0 Å². The Kier molecular flexibility index (Phi) is 3.59. The van der Waals surface area contributed by atoms with Crippen LogP contribution in [0, 0.1) is 0 Å². The van der Waals surface area contributed by atoms with Gasteiger partial charge in [0.15, 0.2) is 0 Å². The summed E-state index contributed by atoms with van der Waals surface area (Å²) in [4.78, 5) is 8.07. The number of nitrogens with zero attached hydrogens (tertiary/aromatic N) is 2. The molecular weight excluding hydrogens is 218 g/mol. The second kappa shape index (κ2) is 5.34. The average molecular weight is 233 g/mol. The van der Waals surface area contributed by atoms with Crippen LogP contribution >= 0.6 is 0 Å². The molecule has 1 unspecified atom stereocenters. The van der Waals surface area contributed by atoms with Crippen LogP contribution in [0.2, 0.25) is 0 Å². The highest BCUT2D eigenvalue weighted by molar-refractivity contribution is 5.38. The van der Waals surface area contributed by atoms with Crippen molar-refractivity contribution in [3.8, 4) is 5.88 Å². The van der Waals surface area contributed by atoms with Gasteiger partial charge < -0.3 is 14.5 Å². The van der Waals surface area contributed by atoms with Crippen LogP contribution in [0.3, 0.4) is 0 Å². The zero-order chi connectivity index (χ0) is 12.1. The van der Waals surface area contributed by atoms with E-state index in [1.165, 1.54) is 6.33 Å². The molecule has 5 heteroatoms. The lowest BCUT2D eigenvalue weighted by Gasteiger charge is -2.13. The number of nitrogens with one attached hydrogen (secondary N) is 1. The fourth-order valence-electron chi connectivity index (χ4n) is 1.56. The topological polar surface area (TPSA) is 60.2 Å². The van der Waals surface area contributed by atoms with Crippen LogP contribution in [-0.4, -0.2) is 23.1 Å². The molecule has 0 aliphatic carbocycles. The Labute approximate surface area is 99.8 Å². The zero-order valence-corrected chi connectivity index (χ0v) is 9.88. The number of hydrogen-bond donors (Lipinski definition) is 1. The van der Waals surface area contributed by atoms with E-state index < -0.39 is 0 Å². The molecule has 2 heterocycles. The highest BCUT2D eigenvalue weighted by Gasteiger charge is 2.07. The Balaban J connectivity index is 1.95. The quantitative estimate of drug-likeness (QED) is 0.857. The van der Waals surface area contributed by atoms with Gasteiger partial charge in [-0.05, 0) is 19.1 Å². The molecule has 1 N–H and O–H groups in total. The third kappa shape index (κ3) is 3.21. The lowest BCUT2D eigenvalue weighted by Crippen LogP contribution is -2.18. The fraction of sp³-hybridized carbons (Fsp3) is 0.333. The first kappa shape index (κ1) is 11.4. The van der Waals surface area contributed by atoms with Crippen molar-refractivity contribution in [2.45, 2.75) is 19.4 Å². The first-order valence-corrected chi connectivity index (χ1v) is 5.43. The van der Waals surface area contributed by atoms with Crippen molar-refractivity contribution in [3.63, 3.8) is 0 Å². The van der Waals surface area contributed by atoms with Crippen LogP contribution in [0.5, 0.6) is 5.88 Å². The van der Waals surface area contributed by atoms with Gasteiger partial charge in [0.2, 0.25) is 5.88 Å². The molecule has 1 atom stereocenters. The number of aromatic nitrogens is 2. The molecule has 0 aliphatic rings. The highest BCUT2D eigenvalue weighted by Crippen LogP contribution is 2.13. The molecule has 0 amide bonds. The summed E-state index contributed by atoms with van der Waals surface area (Å²) < 4.78 is 10.3. The lowest BCUT2D eigenvalue weighted by molar-refractivity contribution is 0.397. The van der Waals surface area contributed by atoms with Crippen molar-refractivity contribution in [2.75, 3.05) is 12.4 Å². The molecule has 0 saturated carbocycles.